The number of rotatable bonds is 4. The molecule has 3 N–H and O–H groups in total. The number of nitrogens with zero attached hydrogens (tertiary/aromatic N) is 3. The van der Waals surface area contributed by atoms with Crippen molar-refractivity contribution in [2.75, 3.05) is 6.54 Å². The van der Waals surface area contributed by atoms with E-state index >= 15 is 0 Å². The van der Waals surface area contributed by atoms with Crippen molar-refractivity contribution in [3.05, 3.63) is 57.7 Å². The molecule has 0 saturated heterocycles. The summed E-state index contributed by atoms with van der Waals surface area (Å²) in [4.78, 5) is 24.7. The summed E-state index contributed by atoms with van der Waals surface area (Å²) < 4.78 is 1.90. The predicted molar refractivity (Wildman–Crippen MR) is 101 cm³/mol. The zero-order valence-electron chi connectivity index (χ0n) is 13.1. The lowest BCUT2D eigenvalue weighted by atomic mass is 10.1. The van der Waals surface area contributed by atoms with Gasteiger partial charge in [0.25, 0.3) is 5.56 Å². The maximum atomic E-state index is 12.5. The molecule has 4 rings (SSSR count). The topological polar surface area (TPSA) is 89.6 Å². The van der Waals surface area contributed by atoms with Crippen molar-refractivity contribution in [3.8, 4) is 21.7 Å². The van der Waals surface area contributed by atoms with E-state index in [4.69, 9.17) is 17.3 Å². The largest absolute Gasteiger partial charge is 0.332 e. The Kier molecular flexibility index (Phi) is 4.12. The molecule has 4 aromatic rings. The van der Waals surface area contributed by atoms with Crippen LogP contribution < -0.4 is 11.3 Å². The van der Waals surface area contributed by atoms with E-state index in [2.05, 4.69) is 15.0 Å². The molecule has 8 heteroatoms. The Morgan fingerprint density at radius 2 is 2.24 bits per heavy atom. The molecule has 6 nitrogen and oxygen atoms in total. The van der Waals surface area contributed by atoms with Crippen LogP contribution in [-0.4, -0.2) is 26.1 Å². The standard InChI is InChI=1S/C17H14ClN5OS/c18-11-3-7-25-16(11)14-12(10-2-1-5-20-8-10)13-15(23(14)6-4-19)17(24)22-9-21-13/h1-3,5,7-9H,4,6,19H2,(H,21,22,24). The minimum Gasteiger partial charge on any atom is -0.332 e. The van der Waals surface area contributed by atoms with Crippen molar-refractivity contribution in [1.82, 2.24) is 19.5 Å². The number of hydrogen-bond donors (Lipinski definition) is 2. The van der Waals surface area contributed by atoms with E-state index in [1.807, 2.05) is 28.1 Å². The zero-order chi connectivity index (χ0) is 17.4. The highest BCUT2D eigenvalue weighted by Gasteiger charge is 2.24. The third kappa shape index (κ3) is 2.57. The normalized spacial score (nSPS) is 11.3. The molecule has 0 unspecified atom stereocenters. The van der Waals surface area contributed by atoms with Gasteiger partial charge in [0.05, 0.1) is 21.9 Å². The number of aromatic nitrogens is 4. The summed E-state index contributed by atoms with van der Waals surface area (Å²) in [5.74, 6) is 0. The van der Waals surface area contributed by atoms with E-state index in [1.165, 1.54) is 17.7 Å². The molecule has 0 bridgehead atoms. The van der Waals surface area contributed by atoms with Crippen LogP contribution in [0.3, 0.4) is 0 Å². The second-order valence-electron chi connectivity index (χ2n) is 5.43. The highest BCUT2D eigenvalue weighted by atomic mass is 35.5. The quantitative estimate of drug-likeness (QED) is 0.576. The van der Waals surface area contributed by atoms with Gasteiger partial charge in [-0.25, -0.2) is 4.98 Å². The maximum absolute atomic E-state index is 12.5. The van der Waals surface area contributed by atoms with Crippen LogP contribution in [-0.2, 0) is 6.54 Å². The molecule has 0 aliphatic carbocycles. The lowest BCUT2D eigenvalue weighted by Gasteiger charge is -2.10. The summed E-state index contributed by atoms with van der Waals surface area (Å²) in [5, 5.41) is 2.56. The number of thiophene rings is 1. The molecule has 25 heavy (non-hydrogen) atoms. The van der Waals surface area contributed by atoms with E-state index in [9.17, 15) is 4.79 Å². The highest BCUT2D eigenvalue weighted by Crippen LogP contribution is 2.43. The summed E-state index contributed by atoms with van der Waals surface area (Å²) in [6.45, 7) is 0.871. The maximum Gasteiger partial charge on any atom is 0.275 e. The molecule has 126 valence electrons. The van der Waals surface area contributed by atoms with Crippen LogP contribution in [0.2, 0.25) is 5.02 Å². The minimum absolute atomic E-state index is 0.206. The fourth-order valence-corrected chi connectivity index (χ4v) is 4.23. The van der Waals surface area contributed by atoms with Crippen molar-refractivity contribution in [2.45, 2.75) is 6.54 Å². The Labute approximate surface area is 151 Å². The van der Waals surface area contributed by atoms with Crippen molar-refractivity contribution >= 4 is 34.0 Å². The summed E-state index contributed by atoms with van der Waals surface area (Å²) >= 11 is 7.94. The third-order valence-electron chi connectivity index (χ3n) is 3.98. The van der Waals surface area contributed by atoms with Gasteiger partial charge in [-0.3, -0.25) is 9.78 Å². The van der Waals surface area contributed by atoms with E-state index < -0.39 is 0 Å². The van der Waals surface area contributed by atoms with Crippen molar-refractivity contribution in [3.63, 3.8) is 0 Å². The van der Waals surface area contributed by atoms with Gasteiger partial charge in [-0.05, 0) is 17.5 Å². The fourth-order valence-electron chi connectivity index (χ4n) is 3.02. The van der Waals surface area contributed by atoms with Crippen LogP contribution >= 0.6 is 22.9 Å². The van der Waals surface area contributed by atoms with E-state index in [0.717, 1.165) is 21.7 Å². The number of pyridine rings is 1. The number of nitrogens with two attached hydrogens (primary N) is 1. The van der Waals surface area contributed by atoms with E-state index in [1.54, 1.807) is 12.4 Å². The van der Waals surface area contributed by atoms with Crippen molar-refractivity contribution in [2.24, 2.45) is 5.73 Å². The number of nitrogens with one attached hydrogen (secondary N) is 1. The molecule has 4 aromatic heterocycles. The fraction of sp³-hybridized carbons (Fsp3) is 0.118. The second kappa shape index (κ2) is 6.44. The van der Waals surface area contributed by atoms with Gasteiger partial charge in [0, 0.05) is 36.6 Å². The van der Waals surface area contributed by atoms with Gasteiger partial charge in [0.2, 0.25) is 0 Å². The van der Waals surface area contributed by atoms with Crippen LogP contribution in [0, 0.1) is 0 Å². The summed E-state index contributed by atoms with van der Waals surface area (Å²) in [6.07, 6.45) is 4.88. The molecule has 0 aliphatic rings. The van der Waals surface area contributed by atoms with E-state index in [-0.39, 0.29) is 5.56 Å². The van der Waals surface area contributed by atoms with Gasteiger partial charge in [0.15, 0.2) is 0 Å². The number of aromatic amines is 1. The first-order valence-corrected chi connectivity index (χ1v) is 8.92. The lowest BCUT2D eigenvalue weighted by Crippen LogP contribution is -2.16. The SMILES string of the molecule is NCCn1c(-c2sccc2Cl)c(-c2cccnc2)c2nc[nH]c(=O)c21. The molecule has 0 amide bonds. The van der Waals surface area contributed by atoms with Gasteiger partial charge in [-0.15, -0.1) is 11.3 Å². The van der Waals surface area contributed by atoms with Crippen LogP contribution in [0.1, 0.15) is 0 Å². The molecule has 0 atom stereocenters. The van der Waals surface area contributed by atoms with Gasteiger partial charge >= 0.3 is 0 Å². The number of hydrogen-bond acceptors (Lipinski definition) is 5. The van der Waals surface area contributed by atoms with Gasteiger partial charge < -0.3 is 15.3 Å². The molecule has 0 saturated carbocycles. The lowest BCUT2D eigenvalue weighted by molar-refractivity contribution is 0.739. The van der Waals surface area contributed by atoms with Crippen molar-refractivity contribution < 1.29 is 0 Å². The monoisotopic (exact) mass is 371 g/mol. The summed E-state index contributed by atoms with van der Waals surface area (Å²) in [7, 11) is 0. The smallest absolute Gasteiger partial charge is 0.275 e. The van der Waals surface area contributed by atoms with Crippen molar-refractivity contribution in [1.29, 1.82) is 0 Å². The molecular formula is C17H14ClN5OS. The molecule has 0 radical (unpaired) electrons. The Bertz CT molecular complexity index is 1100. The average molecular weight is 372 g/mol. The first kappa shape index (κ1) is 16.0. The number of halogens is 1. The third-order valence-corrected chi connectivity index (χ3v) is 5.33. The molecule has 0 spiro atoms. The number of H-pyrrole nitrogens is 1. The Morgan fingerprint density at radius 3 is 2.92 bits per heavy atom. The van der Waals surface area contributed by atoms with Crippen LogP contribution in [0.15, 0.2) is 47.1 Å². The van der Waals surface area contributed by atoms with Gasteiger partial charge in [0.1, 0.15) is 11.0 Å². The average Bonchev–Trinajstić information content (AvgIpc) is 3.18. The Hall–Kier alpha value is -2.48. The predicted octanol–water partition coefficient (Wildman–Crippen LogP) is 3.13. The first-order chi connectivity index (χ1) is 12.2. The Morgan fingerprint density at radius 1 is 1.36 bits per heavy atom. The molecule has 4 heterocycles. The second-order valence-corrected chi connectivity index (χ2v) is 6.76. The summed E-state index contributed by atoms with van der Waals surface area (Å²) in [5.41, 5.74) is 9.28. The summed E-state index contributed by atoms with van der Waals surface area (Å²) in [6, 6.07) is 5.65. The Balaban J connectivity index is 2.21. The van der Waals surface area contributed by atoms with Gasteiger partial charge in [-0.1, -0.05) is 17.7 Å². The van der Waals surface area contributed by atoms with Gasteiger partial charge in [-0.2, -0.15) is 0 Å². The molecular weight excluding hydrogens is 358 g/mol. The van der Waals surface area contributed by atoms with Crippen LogP contribution in [0.4, 0.5) is 0 Å². The van der Waals surface area contributed by atoms with Crippen LogP contribution in [0.5, 0.6) is 0 Å². The zero-order valence-corrected chi connectivity index (χ0v) is 14.6. The molecule has 0 aromatic carbocycles. The number of fused-ring (bicyclic) bond motifs is 1. The van der Waals surface area contributed by atoms with E-state index in [0.29, 0.717) is 29.1 Å². The first-order valence-electron chi connectivity index (χ1n) is 7.66. The van der Waals surface area contributed by atoms with Crippen LogP contribution in [0.25, 0.3) is 32.7 Å². The highest BCUT2D eigenvalue weighted by molar-refractivity contribution is 7.14. The molecule has 0 aliphatic heterocycles. The molecule has 0 fully saturated rings. The minimum atomic E-state index is -0.206.